The number of esters is 1. The van der Waals surface area contributed by atoms with Crippen LogP contribution in [0.3, 0.4) is 0 Å². The number of ketones is 1. The number of cyclic esters (lactones) is 1. The summed E-state index contributed by atoms with van der Waals surface area (Å²) in [4.78, 5) is 30.6. The van der Waals surface area contributed by atoms with Crippen LogP contribution in [0.2, 0.25) is 0 Å². The summed E-state index contributed by atoms with van der Waals surface area (Å²) < 4.78 is 5.80. The second-order valence-electron chi connectivity index (χ2n) is 10.7. The predicted molar refractivity (Wildman–Crippen MR) is 134 cm³/mol. The first-order valence-corrected chi connectivity index (χ1v) is 13.2. The lowest BCUT2D eigenvalue weighted by atomic mass is 9.72. The zero-order chi connectivity index (χ0) is 25.1. The van der Waals surface area contributed by atoms with E-state index in [0.29, 0.717) is 19.3 Å². The molecule has 0 amide bonds. The molecule has 1 spiro atoms. The fraction of sp³-hybridized carbons (Fsp3) is 0.667. The number of carbonyl (C=O) groups is 2. The third-order valence-electron chi connectivity index (χ3n) is 7.47. The number of nitrogens with zero attached hydrogens (tertiary/aromatic N) is 1. The minimum absolute atomic E-state index is 0.146. The number of hydrogen-bond acceptors (Lipinski definition) is 7. The van der Waals surface area contributed by atoms with Gasteiger partial charge in [-0.1, -0.05) is 32.9 Å². The van der Waals surface area contributed by atoms with Gasteiger partial charge in [0.15, 0.2) is 0 Å². The maximum Gasteiger partial charge on any atom is 0.309 e. The Kier molecular flexibility index (Phi) is 8.53. The minimum Gasteiger partial charge on any atom is -0.457 e. The van der Waals surface area contributed by atoms with Crippen molar-refractivity contribution in [3.05, 3.63) is 33.8 Å². The van der Waals surface area contributed by atoms with E-state index in [1.165, 1.54) is 0 Å². The molecule has 2 heterocycles. The third kappa shape index (κ3) is 6.23. The lowest BCUT2D eigenvalue weighted by molar-refractivity contribution is -0.152. The Hall–Kier alpha value is -1.83. The highest BCUT2D eigenvalue weighted by molar-refractivity contribution is 7.09. The molecule has 1 saturated carbocycles. The highest BCUT2D eigenvalue weighted by Gasteiger charge is 2.58. The average Bonchev–Trinajstić information content (AvgIpc) is 3.49. The molecule has 1 aliphatic carbocycles. The number of hydrogen-bond donors (Lipinski definition) is 2. The lowest BCUT2D eigenvalue weighted by Crippen LogP contribution is -2.44. The standard InChI is InChI=1S/C27H39NO5S/c1-17(14-20-16-34-19(3)28-20)21-10-8-6-7-9-11-26(4,5)24(31)18(2)25(32)27(12-13-27)22(29)15-23(30)33-21/h6,8,14,16,18,21-22,24,29,31H,7,9-13,15H2,1-5H3/b8-6-,17-14+/t18-,21-,22-,24-/m0/s1. The number of ether oxygens (including phenoxy) is 1. The van der Waals surface area contributed by atoms with Crippen LogP contribution in [0.25, 0.3) is 6.08 Å². The summed E-state index contributed by atoms with van der Waals surface area (Å²) in [6.45, 7) is 9.60. The van der Waals surface area contributed by atoms with Crippen LogP contribution in [-0.2, 0) is 14.3 Å². The van der Waals surface area contributed by atoms with Crippen molar-refractivity contribution in [3.8, 4) is 0 Å². The van der Waals surface area contributed by atoms with Crippen LogP contribution >= 0.6 is 11.3 Å². The Morgan fingerprint density at radius 2 is 1.91 bits per heavy atom. The van der Waals surface area contributed by atoms with Crippen molar-refractivity contribution in [2.45, 2.75) is 97.9 Å². The quantitative estimate of drug-likeness (QED) is 0.447. The Labute approximate surface area is 207 Å². The minimum atomic E-state index is -1.11. The topological polar surface area (TPSA) is 96.7 Å². The molecule has 0 unspecified atom stereocenters. The Morgan fingerprint density at radius 3 is 2.53 bits per heavy atom. The maximum absolute atomic E-state index is 13.3. The second-order valence-corrected chi connectivity index (χ2v) is 11.8. The average molecular weight is 490 g/mol. The van der Waals surface area contributed by atoms with E-state index in [0.717, 1.165) is 35.5 Å². The summed E-state index contributed by atoms with van der Waals surface area (Å²) in [6.07, 6.45) is 7.53. The fourth-order valence-electron chi connectivity index (χ4n) is 4.97. The molecule has 1 fully saturated rings. The van der Waals surface area contributed by atoms with E-state index >= 15 is 0 Å². The van der Waals surface area contributed by atoms with E-state index in [2.05, 4.69) is 11.1 Å². The summed E-state index contributed by atoms with van der Waals surface area (Å²) in [7, 11) is 0. The van der Waals surface area contributed by atoms with E-state index < -0.39 is 41.0 Å². The van der Waals surface area contributed by atoms with Gasteiger partial charge in [-0.3, -0.25) is 9.59 Å². The molecule has 34 heavy (non-hydrogen) atoms. The summed E-state index contributed by atoms with van der Waals surface area (Å²) in [6, 6.07) is 0. The van der Waals surface area contributed by atoms with Gasteiger partial charge in [0, 0.05) is 17.7 Å². The van der Waals surface area contributed by atoms with E-state index in [4.69, 9.17) is 4.74 Å². The van der Waals surface area contributed by atoms with Gasteiger partial charge in [0.05, 0.1) is 34.7 Å². The molecule has 2 aliphatic rings. The van der Waals surface area contributed by atoms with Crippen molar-refractivity contribution >= 4 is 29.2 Å². The van der Waals surface area contributed by atoms with Crippen molar-refractivity contribution < 1.29 is 24.5 Å². The lowest BCUT2D eigenvalue weighted by Gasteiger charge is -2.36. The molecule has 0 bridgehead atoms. The second kappa shape index (κ2) is 10.8. The van der Waals surface area contributed by atoms with Crippen molar-refractivity contribution in [1.82, 2.24) is 4.98 Å². The maximum atomic E-state index is 13.3. The van der Waals surface area contributed by atoms with Crippen LogP contribution in [0.4, 0.5) is 0 Å². The van der Waals surface area contributed by atoms with E-state index in [-0.39, 0.29) is 12.2 Å². The van der Waals surface area contributed by atoms with E-state index in [9.17, 15) is 19.8 Å². The molecule has 0 saturated heterocycles. The molecular weight excluding hydrogens is 450 g/mol. The monoisotopic (exact) mass is 489 g/mol. The Morgan fingerprint density at radius 1 is 1.21 bits per heavy atom. The smallest absolute Gasteiger partial charge is 0.309 e. The van der Waals surface area contributed by atoms with Gasteiger partial charge in [-0.05, 0) is 63.0 Å². The normalized spacial score (nSPS) is 31.8. The molecular formula is C27H39NO5S. The fourth-order valence-corrected chi connectivity index (χ4v) is 5.54. The molecule has 1 aliphatic heterocycles. The summed E-state index contributed by atoms with van der Waals surface area (Å²) >= 11 is 1.57. The molecule has 1 aromatic heterocycles. The van der Waals surface area contributed by atoms with Gasteiger partial charge in [0.1, 0.15) is 11.9 Å². The van der Waals surface area contributed by atoms with Gasteiger partial charge in [-0.15, -0.1) is 11.3 Å². The zero-order valence-electron chi connectivity index (χ0n) is 21.0. The SMILES string of the molecule is C/C(=C\c1csc(C)n1)[C@@H]1C/C=C\CCCC(C)(C)[C@@H](O)[C@H](C)C(=O)C2(CC2)[C@@H](O)CC(=O)O1. The van der Waals surface area contributed by atoms with Gasteiger partial charge in [-0.2, -0.15) is 0 Å². The molecule has 7 heteroatoms. The van der Waals surface area contributed by atoms with Crippen LogP contribution in [0.15, 0.2) is 23.1 Å². The van der Waals surface area contributed by atoms with Crippen LogP contribution in [0.5, 0.6) is 0 Å². The molecule has 6 nitrogen and oxygen atoms in total. The van der Waals surface area contributed by atoms with Gasteiger partial charge in [0.2, 0.25) is 0 Å². The van der Waals surface area contributed by atoms with Crippen molar-refractivity contribution in [1.29, 1.82) is 0 Å². The molecule has 188 valence electrons. The Balaban J connectivity index is 1.83. The van der Waals surface area contributed by atoms with Crippen molar-refractivity contribution in [2.75, 3.05) is 0 Å². The first kappa shape index (κ1) is 26.8. The van der Waals surface area contributed by atoms with Crippen LogP contribution in [0.1, 0.15) is 83.3 Å². The number of aromatic nitrogens is 1. The summed E-state index contributed by atoms with van der Waals surface area (Å²) in [5.74, 6) is -1.27. The molecule has 0 aromatic carbocycles. The van der Waals surface area contributed by atoms with Gasteiger partial charge in [-0.25, -0.2) is 4.98 Å². The first-order valence-electron chi connectivity index (χ1n) is 12.3. The number of thiazole rings is 1. The number of rotatable bonds is 2. The third-order valence-corrected chi connectivity index (χ3v) is 8.26. The summed E-state index contributed by atoms with van der Waals surface area (Å²) in [5, 5.41) is 24.8. The highest BCUT2D eigenvalue weighted by Crippen LogP contribution is 2.53. The van der Waals surface area contributed by atoms with Crippen molar-refractivity contribution in [3.63, 3.8) is 0 Å². The first-order chi connectivity index (χ1) is 16.0. The number of aryl methyl sites for hydroxylation is 1. The van der Waals surface area contributed by atoms with E-state index in [1.807, 2.05) is 45.2 Å². The van der Waals surface area contributed by atoms with Gasteiger partial charge in [0.25, 0.3) is 0 Å². The van der Waals surface area contributed by atoms with E-state index in [1.54, 1.807) is 18.3 Å². The number of aliphatic hydroxyl groups is 2. The number of aliphatic hydroxyl groups excluding tert-OH is 2. The highest BCUT2D eigenvalue weighted by atomic mass is 32.1. The largest absolute Gasteiger partial charge is 0.457 e. The number of carbonyl (C=O) groups excluding carboxylic acids is 2. The van der Waals surface area contributed by atoms with Gasteiger partial charge < -0.3 is 14.9 Å². The number of Topliss-reactive ketones (excluding diaryl/α,β-unsaturated/α-hetero) is 1. The Bertz CT molecular complexity index is 943. The molecule has 4 atom stereocenters. The molecule has 0 radical (unpaired) electrons. The molecule has 2 N–H and O–H groups in total. The van der Waals surface area contributed by atoms with Crippen LogP contribution in [0, 0.1) is 23.7 Å². The predicted octanol–water partition coefficient (Wildman–Crippen LogP) is 5.02. The summed E-state index contributed by atoms with van der Waals surface area (Å²) in [5.41, 5.74) is 0.344. The van der Waals surface area contributed by atoms with Crippen LogP contribution in [-0.4, -0.2) is 45.3 Å². The molecule has 1 aromatic rings. The van der Waals surface area contributed by atoms with Crippen molar-refractivity contribution in [2.24, 2.45) is 16.7 Å². The zero-order valence-corrected chi connectivity index (χ0v) is 21.9. The van der Waals surface area contributed by atoms with Crippen LogP contribution < -0.4 is 0 Å². The number of allylic oxidation sites excluding steroid dienone is 1. The van der Waals surface area contributed by atoms with Gasteiger partial charge >= 0.3 is 5.97 Å². The molecule has 3 rings (SSSR count).